The van der Waals surface area contributed by atoms with Gasteiger partial charge in [-0.05, 0) is 50.5 Å². The number of nitrogens with zero attached hydrogens (tertiary/aromatic N) is 3. The van der Waals surface area contributed by atoms with Crippen molar-refractivity contribution in [2.45, 2.75) is 84.1 Å². The molecule has 0 bridgehead atoms. The normalized spacial score (nSPS) is 19.4. The maximum absolute atomic E-state index is 13.0. The molecule has 38 heavy (non-hydrogen) atoms. The Balaban J connectivity index is 1.43. The van der Waals surface area contributed by atoms with E-state index in [1.54, 1.807) is 11.0 Å². The number of carbonyl (C=O) groups excluding carboxylic acids is 3. The Morgan fingerprint density at radius 2 is 1.82 bits per heavy atom. The molecule has 1 aromatic rings. The summed E-state index contributed by atoms with van der Waals surface area (Å²) in [5.74, 6) is -0.117. The number of unbranched alkanes of at least 4 members (excludes halogenated alkanes) is 1. The van der Waals surface area contributed by atoms with E-state index in [1.807, 2.05) is 11.8 Å². The Morgan fingerprint density at radius 3 is 2.45 bits per heavy atom. The van der Waals surface area contributed by atoms with Gasteiger partial charge in [0, 0.05) is 44.0 Å². The summed E-state index contributed by atoms with van der Waals surface area (Å²) in [6.07, 6.45) is 8.22. The van der Waals surface area contributed by atoms with Crippen molar-refractivity contribution >= 4 is 45.0 Å². The SMILES string of the molecule is CCCCC(=O)c1cc(Cl)c(N2CCC(C(=O)NS(=O)(=O)CC3CCCC3)CC2)nc1CN1CCCC1=O. The number of amides is 2. The number of nitrogens with one attached hydrogen (secondary N) is 1. The van der Waals surface area contributed by atoms with E-state index in [0.717, 1.165) is 44.9 Å². The second-order valence-corrected chi connectivity index (χ2v) is 13.1. The first kappa shape index (κ1) is 28.8. The smallest absolute Gasteiger partial charge is 0.236 e. The van der Waals surface area contributed by atoms with Crippen molar-refractivity contribution in [3.8, 4) is 0 Å². The van der Waals surface area contributed by atoms with Gasteiger partial charge >= 0.3 is 0 Å². The van der Waals surface area contributed by atoms with Crippen LogP contribution in [-0.4, -0.2) is 61.3 Å². The lowest BCUT2D eigenvalue weighted by atomic mass is 9.96. The van der Waals surface area contributed by atoms with E-state index in [-0.39, 0.29) is 29.9 Å². The molecule has 3 aliphatic rings. The van der Waals surface area contributed by atoms with Crippen LogP contribution in [0, 0.1) is 11.8 Å². The lowest BCUT2D eigenvalue weighted by molar-refractivity contribution is -0.128. The highest BCUT2D eigenvalue weighted by atomic mass is 35.5. The lowest BCUT2D eigenvalue weighted by Crippen LogP contribution is -2.43. The zero-order chi connectivity index (χ0) is 27.3. The zero-order valence-corrected chi connectivity index (χ0v) is 23.8. The Morgan fingerprint density at radius 1 is 1.11 bits per heavy atom. The highest BCUT2D eigenvalue weighted by molar-refractivity contribution is 7.90. The molecule has 2 amide bonds. The first-order chi connectivity index (χ1) is 18.2. The standard InChI is InChI=1S/C27H39ClN4O5S/c1-2-3-9-24(33)21-16-22(28)26(29-23(21)17-32-13-6-10-25(32)34)31-14-11-20(12-15-31)27(35)30-38(36,37)18-19-7-4-5-8-19/h16,19-20H,2-15,17-18H2,1H3,(H,30,35). The number of likely N-dealkylation sites (tertiary alicyclic amines) is 1. The summed E-state index contributed by atoms with van der Waals surface area (Å²) >= 11 is 6.63. The van der Waals surface area contributed by atoms with Crippen LogP contribution in [0.3, 0.4) is 0 Å². The van der Waals surface area contributed by atoms with Gasteiger partial charge in [-0.2, -0.15) is 0 Å². The van der Waals surface area contributed by atoms with E-state index in [9.17, 15) is 22.8 Å². The van der Waals surface area contributed by atoms with E-state index >= 15 is 0 Å². The second-order valence-electron chi connectivity index (χ2n) is 10.9. The minimum atomic E-state index is -3.64. The van der Waals surface area contributed by atoms with Crippen molar-refractivity contribution in [2.75, 3.05) is 30.3 Å². The van der Waals surface area contributed by atoms with E-state index in [4.69, 9.17) is 16.6 Å². The molecule has 11 heteroatoms. The summed E-state index contributed by atoms with van der Waals surface area (Å²) in [5.41, 5.74) is 1.02. The van der Waals surface area contributed by atoms with Crippen LogP contribution in [0.15, 0.2) is 6.07 Å². The fraction of sp³-hybridized carbons (Fsp3) is 0.704. The van der Waals surface area contributed by atoms with Crippen molar-refractivity contribution in [3.05, 3.63) is 22.3 Å². The van der Waals surface area contributed by atoms with Crippen molar-refractivity contribution in [3.63, 3.8) is 0 Å². The maximum atomic E-state index is 13.0. The van der Waals surface area contributed by atoms with Gasteiger partial charge in [-0.15, -0.1) is 0 Å². The Kier molecular flexibility index (Phi) is 9.68. The number of rotatable bonds is 11. The van der Waals surface area contributed by atoms with Gasteiger partial charge in [-0.1, -0.05) is 37.8 Å². The molecule has 210 valence electrons. The minimum absolute atomic E-state index is 0.0166. The van der Waals surface area contributed by atoms with Crippen LogP contribution in [-0.2, 0) is 26.2 Å². The van der Waals surface area contributed by atoms with Crippen LogP contribution >= 0.6 is 11.6 Å². The van der Waals surface area contributed by atoms with Crippen LogP contribution in [0.4, 0.5) is 5.82 Å². The Labute approximate surface area is 230 Å². The van der Waals surface area contributed by atoms with Gasteiger partial charge in [-0.25, -0.2) is 13.4 Å². The average Bonchev–Trinajstić information content (AvgIpc) is 3.54. The molecule has 1 aromatic heterocycles. The molecule has 3 heterocycles. The van der Waals surface area contributed by atoms with Gasteiger partial charge in [0.05, 0.1) is 23.0 Å². The van der Waals surface area contributed by atoms with E-state index in [2.05, 4.69) is 4.72 Å². The predicted octanol–water partition coefficient (Wildman–Crippen LogP) is 4.08. The topological polar surface area (TPSA) is 117 Å². The highest BCUT2D eigenvalue weighted by Crippen LogP contribution is 2.32. The third-order valence-corrected chi connectivity index (χ3v) is 9.66. The molecule has 0 atom stereocenters. The van der Waals surface area contributed by atoms with Crippen LogP contribution < -0.4 is 9.62 Å². The molecule has 9 nitrogen and oxygen atoms in total. The van der Waals surface area contributed by atoms with Crippen molar-refractivity contribution in [1.82, 2.24) is 14.6 Å². The van der Waals surface area contributed by atoms with Crippen LogP contribution in [0.5, 0.6) is 0 Å². The summed E-state index contributed by atoms with van der Waals surface area (Å²) in [5, 5.41) is 0.364. The number of halogens is 1. The van der Waals surface area contributed by atoms with Gasteiger partial charge < -0.3 is 9.80 Å². The van der Waals surface area contributed by atoms with Crippen molar-refractivity contribution in [1.29, 1.82) is 0 Å². The maximum Gasteiger partial charge on any atom is 0.236 e. The molecular weight excluding hydrogens is 528 g/mol. The number of carbonyl (C=O) groups is 3. The van der Waals surface area contributed by atoms with Gasteiger partial charge in [0.25, 0.3) is 0 Å². The highest BCUT2D eigenvalue weighted by Gasteiger charge is 2.32. The number of piperidine rings is 1. The molecule has 1 aliphatic carbocycles. The molecule has 2 saturated heterocycles. The first-order valence-corrected chi connectivity index (χ1v) is 16.0. The number of hydrogen-bond acceptors (Lipinski definition) is 7. The summed E-state index contributed by atoms with van der Waals surface area (Å²) < 4.78 is 27.3. The predicted molar refractivity (Wildman–Crippen MR) is 147 cm³/mol. The molecular formula is C27H39ClN4O5S. The minimum Gasteiger partial charge on any atom is -0.355 e. The largest absolute Gasteiger partial charge is 0.355 e. The van der Waals surface area contributed by atoms with E-state index < -0.39 is 21.8 Å². The lowest BCUT2D eigenvalue weighted by Gasteiger charge is -2.33. The summed E-state index contributed by atoms with van der Waals surface area (Å²) in [7, 11) is -3.64. The number of aromatic nitrogens is 1. The monoisotopic (exact) mass is 566 g/mol. The van der Waals surface area contributed by atoms with Gasteiger partial charge in [0.2, 0.25) is 21.8 Å². The Bertz CT molecular complexity index is 1140. The molecule has 4 rings (SSSR count). The fourth-order valence-corrected chi connectivity index (χ4v) is 7.52. The second kappa shape index (κ2) is 12.8. The molecule has 3 fully saturated rings. The van der Waals surface area contributed by atoms with Crippen LogP contribution in [0.2, 0.25) is 5.02 Å². The number of hydrogen-bond donors (Lipinski definition) is 1. The quantitative estimate of drug-likeness (QED) is 0.401. The van der Waals surface area contributed by atoms with E-state index in [1.165, 1.54) is 0 Å². The summed E-state index contributed by atoms with van der Waals surface area (Å²) in [6, 6.07) is 1.67. The van der Waals surface area contributed by atoms with Crippen molar-refractivity contribution in [2.24, 2.45) is 11.8 Å². The van der Waals surface area contributed by atoms with Crippen LogP contribution in [0.25, 0.3) is 0 Å². The zero-order valence-electron chi connectivity index (χ0n) is 22.2. The Hall–Kier alpha value is -2.20. The molecule has 0 aromatic carbocycles. The number of Topliss-reactive ketones (excluding diaryl/α,β-unsaturated/α-hetero) is 1. The molecule has 0 radical (unpaired) electrons. The number of anilines is 1. The molecule has 2 aliphatic heterocycles. The molecule has 1 N–H and O–H groups in total. The van der Waals surface area contributed by atoms with Gasteiger partial charge in [0.1, 0.15) is 5.82 Å². The molecule has 0 spiro atoms. The van der Waals surface area contributed by atoms with Crippen LogP contribution in [0.1, 0.15) is 93.6 Å². The molecule has 1 saturated carbocycles. The van der Waals surface area contributed by atoms with E-state index in [0.29, 0.717) is 67.4 Å². The van der Waals surface area contributed by atoms with Crippen molar-refractivity contribution < 1.29 is 22.8 Å². The number of ketones is 1. The summed E-state index contributed by atoms with van der Waals surface area (Å²) in [6.45, 7) is 3.91. The van der Waals surface area contributed by atoms with Gasteiger partial charge in [-0.3, -0.25) is 19.1 Å². The third-order valence-electron chi connectivity index (χ3n) is 7.96. The first-order valence-electron chi connectivity index (χ1n) is 14.0. The van der Waals surface area contributed by atoms with Gasteiger partial charge in [0.15, 0.2) is 5.78 Å². The third kappa shape index (κ3) is 7.25. The average molecular weight is 567 g/mol. The summed E-state index contributed by atoms with van der Waals surface area (Å²) in [4.78, 5) is 46.5. The molecule has 0 unspecified atom stereocenters. The number of sulfonamides is 1. The number of pyridine rings is 1. The fourth-order valence-electron chi connectivity index (χ4n) is 5.74.